The first-order chi connectivity index (χ1) is 16.5. The van der Waals surface area contributed by atoms with Crippen LogP contribution in [0.5, 0.6) is 0 Å². The van der Waals surface area contributed by atoms with Crippen molar-refractivity contribution >= 4 is 40.5 Å². The highest BCUT2D eigenvalue weighted by Gasteiger charge is 2.58. The van der Waals surface area contributed by atoms with Gasteiger partial charge in [0.2, 0.25) is 0 Å². The van der Waals surface area contributed by atoms with Crippen LogP contribution in [0.15, 0.2) is 71.7 Å². The minimum absolute atomic E-state index is 0.0158. The number of nitrogens with one attached hydrogen (secondary N) is 1. The van der Waals surface area contributed by atoms with Gasteiger partial charge in [-0.25, -0.2) is 0 Å². The lowest BCUT2D eigenvalue weighted by Crippen LogP contribution is -2.43. The van der Waals surface area contributed by atoms with Gasteiger partial charge in [-0.3, -0.25) is 20.2 Å². The molecule has 0 saturated carbocycles. The molecule has 0 radical (unpaired) electrons. The highest BCUT2D eigenvalue weighted by Crippen LogP contribution is 2.48. The summed E-state index contributed by atoms with van der Waals surface area (Å²) in [5.74, 6) is -0.327. The molecule has 1 atom stereocenters. The van der Waals surface area contributed by atoms with E-state index >= 15 is 0 Å². The molecular formula is C26H22Cl2F3N3O. The topological polar surface area (TPSA) is 44.7 Å². The maximum absolute atomic E-state index is 14.3. The number of hydrazine groups is 1. The largest absolute Gasteiger partial charge is 0.400 e. The Labute approximate surface area is 211 Å². The number of alkyl halides is 3. The van der Waals surface area contributed by atoms with E-state index in [1.807, 2.05) is 30.3 Å². The Morgan fingerprint density at radius 1 is 1.03 bits per heavy atom. The normalized spacial score (nSPS) is 17.7. The fraction of sp³-hybridized carbons (Fsp3) is 0.231. The molecule has 0 aliphatic carbocycles. The van der Waals surface area contributed by atoms with E-state index < -0.39 is 18.1 Å². The first kappa shape index (κ1) is 25.1. The number of nitrogens with zero attached hydrogens (tertiary/aromatic N) is 2. The number of carbonyl (C=O) groups excluding carboxylic acids is 1. The Kier molecular flexibility index (Phi) is 6.84. The molecule has 4 rings (SSSR count). The molecule has 182 valence electrons. The van der Waals surface area contributed by atoms with Gasteiger partial charge in [0.25, 0.3) is 5.91 Å². The number of aryl methyl sites for hydroxylation is 1. The summed E-state index contributed by atoms with van der Waals surface area (Å²) >= 11 is 12.0. The third-order valence-corrected chi connectivity index (χ3v) is 6.62. The third kappa shape index (κ3) is 5.02. The number of halogens is 5. The summed E-state index contributed by atoms with van der Waals surface area (Å²) < 4.78 is 43.0. The van der Waals surface area contributed by atoms with Crippen molar-refractivity contribution in [1.29, 1.82) is 0 Å². The Bertz CT molecular complexity index is 1270. The van der Waals surface area contributed by atoms with Gasteiger partial charge in [0.15, 0.2) is 0 Å². The van der Waals surface area contributed by atoms with Crippen molar-refractivity contribution in [2.45, 2.75) is 24.9 Å². The van der Waals surface area contributed by atoms with E-state index in [1.165, 1.54) is 18.2 Å². The second-order valence-electron chi connectivity index (χ2n) is 8.54. The summed E-state index contributed by atoms with van der Waals surface area (Å²) in [4.78, 5) is 17.1. The van der Waals surface area contributed by atoms with Crippen molar-refractivity contribution in [3.8, 4) is 0 Å². The van der Waals surface area contributed by atoms with E-state index in [9.17, 15) is 18.0 Å². The van der Waals surface area contributed by atoms with Crippen LogP contribution in [0.1, 0.15) is 33.5 Å². The van der Waals surface area contributed by atoms with E-state index in [-0.39, 0.29) is 27.9 Å². The molecule has 1 amide bonds. The van der Waals surface area contributed by atoms with Crippen molar-refractivity contribution in [1.82, 2.24) is 5.43 Å². The van der Waals surface area contributed by atoms with Gasteiger partial charge in [-0.1, -0.05) is 47.5 Å². The first-order valence-corrected chi connectivity index (χ1v) is 11.5. The number of rotatable bonds is 5. The highest BCUT2D eigenvalue weighted by atomic mass is 35.5. The van der Waals surface area contributed by atoms with Crippen LogP contribution in [-0.4, -0.2) is 31.4 Å². The summed E-state index contributed by atoms with van der Waals surface area (Å²) in [5.41, 5.74) is 3.26. The maximum atomic E-state index is 14.3. The Hall–Kier alpha value is -3.03. The van der Waals surface area contributed by atoms with Crippen molar-refractivity contribution in [2.24, 2.45) is 4.99 Å². The summed E-state index contributed by atoms with van der Waals surface area (Å²) in [6.45, 7) is 1.27. The molecule has 0 bridgehead atoms. The molecule has 0 spiro atoms. The first-order valence-electron chi connectivity index (χ1n) is 10.8. The average molecular weight is 520 g/mol. The monoisotopic (exact) mass is 519 g/mol. The molecule has 3 aromatic carbocycles. The third-order valence-electron chi connectivity index (χ3n) is 6.18. The fourth-order valence-corrected chi connectivity index (χ4v) is 4.75. The van der Waals surface area contributed by atoms with Gasteiger partial charge >= 0.3 is 6.18 Å². The van der Waals surface area contributed by atoms with Gasteiger partial charge in [0.1, 0.15) is 5.41 Å². The van der Waals surface area contributed by atoms with E-state index in [1.54, 1.807) is 37.2 Å². The van der Waals surface area contributed by atoms with Gasteiger partial charge in [0.05, 0.1) is 12.2 Å². The van der Waals surface area contributed by atoms with Crippen LogP contribution in [0.4, 0.5) is 18.9 Å². The number of hydrogen-bond donors (Lipinski definition) is 1. The molecule has 4 nitrogen and oxygen atoms in total. The van der Waals surface area contributed by atoms with Crippen molar-refractivity contribution in [3.05, 3.63) is 99.0 Å². The van der Waals surface area contributed by atoms with Crippen LogP contribution in [-0.2, 0) is 5.41 Å². The molecule has 9 heteroatoms. The lowest BCUT2D eigenvalue weighted by molar-refractivity contribution is -0.183. The zero-order valence-electron chi connectivity index (χ0n) is 19.0. The fourth-order valence-electron chi connectivity index (χ4n) is 4.23. The second kappa shape index (κ2) is 9.55. The van der Waals surface area contributed by atoms with E-state index in [4.69, 9.17) is 23.2 Å². The van der Waals surface area contributed by atoms with Gasteiger partial charge in [0, 0.05) is 34.8 Å². The molecule has 3 aromatic rings. The number of para-hydroxylation sites is 1. The standard InChI is InChI=1S/C26H22Cl2F3N3O/c1-16-10-17(8-9-22(16)24(35)33-34(2)21-6-4-3-5-7-21)23-14-25(15-32-23,26(29,30)31)18-11-19(27)13-20(28)12-18/h3-13H,14-15H2,1-2H3,(H,33,35). The van der Waals surface area contributed by atoms with Crippen molar-refractivity contribution in [3.63, 3.8) is 0 Å². The molecule has 1 aliphatic heterocycles. The van der Waals surface area contributed by atoms with Crippen LogP contribution in [0, 0.1) is 6.92 Å². The number of benzene rings is 3. The molecule has 1 unspecified atom stereocenters. The number of carbonyl (C=O) groups is 1. The minimum atomic E-state index is -4.57. The van der Waals surface area contributed by atoms with Gasteiger partial charge in [-0.05, 0) is 66.1 Å². The number of aliphatic imine (C=N–C) groups is 1. The smallest absolute Gasteiger partial charge is 0.288 e. The maximum Gasteiger partial charge on any atom is 0.400 e. The zero-order valence-corrected chi connectivity index (χ0v) is 20.5. The van der Waals surface area contributed by atoms with E-state index in [2.05, 4.69) is 10.4 Å². The molecule has 0 saturated heterocycles. The van der Waals surface area contributed by atoms with Gasteiger partial charge in [-0.2, -0.15) is 13.2 Å². The van der Waals surface area contributed by atoms with Crippen LogP contribution in [0.3, 0.4) is 0 Å². The molecule has 1 heterocycles. The Morgan fingerprint density at radius 3 is 2.29 bits per heavy atom. The minimum Gasteiger partial charge on any atom is -0.288 e. The van der Waals surface area contributed by atoms with Crippen LogP contribution >= 0.6 is 23.2 Å². The number of hydrogen-bond acceptors (Lipinski definition) is 3. The number of anilines is 1. The molecule has 1 N–H and O–H groups in total. The van der Waals surface area contributed by atoms with E-state index in [0.717, 1.165) is 5.69 Å². The summed E-state index contributed by atoms with van der Waals surface area (Å²) in [7, 11) is 1.73. The van der Waals surface area contributed by atoms with E-state index in [0.29, 0.717) is 22.4 Å². The molecular weight excluding hydrogens is 498 g/mol. The van der Waals surface area contributed by atoms with Crippen LogP contribution < -0.4 is 10.4 Å². The highest BCUT2D eigenvalue weighted by molar-refractivity contribution is 6.34. The van der Waals surface area contributed by atoms with Crippen molar-refractivity contribution < 1.29 is 18.0 Å². The predicted octanol–water partition coefficient (Wildman–Crippen LogP) is 6.78. The quantitative estimate of drug-likeness (QED) is 0.377. The molecule has 0 fully saturated rings. The Morgan fingerprint density at radius 2 is 1.69 bits per heavy atom. The van der Waals surface area contributed by atoms with Crippen LogP contribution in [0.2, 0.25) is 10.0 Å². The van der Waals surface area contributed by atoms with Gasteiger partial charge < -0.3 is 0 Å². The molecule has 1 aliphatic rings. The SMILES string of the molecule is Cc1cc(C2=NCC(c3cc(Cl)cc(Cl)c3)(C(F)(F)F)C2)ccc1C(=O)NN(C)c1ccccc1. The number of amides is 1. The molecule has 0 aromatic heterocycles. The second-order valence-corrected chi connectivity index (χ2v) is 9.42. The van der Waals surface area contributed by atoms with Gasteiger partial charge in [-0.15, -0.1) is 0 Å². The van der Waals surface area contributed by atoms with Crippen molar-refractivity contribution in [2.75, 3.05) is 18.6 Å². The summed E-state index contributed by atoms with van der Waals surface area (Å²) in [5, 5.41) is 1.87. The summed E-state index contributed by atoms with van der Waals surface area (Å²) in [6.07, 6.45) is -4.92. The lowest BCUT2D eigenvalue weighted by atomic mass is 9.76. The molecule has 35 heavy (non-hydrogen) atoms. The lowest BCUT2D eigenvalue weighted by Gasteiger charge is -2.31. The Balaban J connectivity index is 1.57. The predicted molar refractivity (Wildman–Crippen MR) is 134 cm³/mol. The van der Waals surface area contributed by atoms with Crippen LogP contribution in [0.25, 0.3) is 0 Å². The average Bonchev–Trinajstić information content (AvgIpc) is 3.26. The zero-order chi connectivity index (χ0) is 25.4. The summed E-state index contributed by atoms with van der Waals surface area (Å²) in [6, 6.07) is 18.2.